The number of carbonyl (C=O) groups is 1. The molecule has 3 N–H and O–H groups in total. The summed E-state index contributed by atoms with van der Waals surface area (Å²) in [6, 6.07) is 2.71. The number of alkyl halides is 3. The summed E-state index contributed by atoms with van der Waals surface area (Å²) in [5, 5.41) is 13.9. The molecule has 0 amide bonds. The Hall–Kier alpha value is -1.81. The van der Waals surface area contributed by atoms with Crippen LogP contribution < -0.4 is 10.0 Å². The van der Waals surface area contributed by atoms with E-state index in [9.17, 15) is 26.4 Å². The molecule has 1 atom stereocenters. The largest absolute Gasteiger partial charge is 0.481 e. The van der Waals surface area contributed by atoms with Gasteiger partial charge in [0.25, 0.3) is 0 Å². The Labute approximate surface area is 130 Å². The van der Waals surface area contributed by atoms with Gasteiger partial charge in [0, 0.05) is 18.8 Å². The van der Waals surface area contributed by atoms with Crippen LogP contribution >= 0.6 is 0 Å². The highest BCUT2D eigenvalue weighted by Crippen LogP contribution is 2.37. The third-order valence-electron chi connectivity index (χ3n) is 3.71. The van der Waals surface area contributed by atoms with Crippen molar-refractivity contribution < 1.29 is 31.5 Å². The first-order valence-electron chi connectivity index (χ1n) is 6.72. The van der Waals surface area contributed by atoms with Crippen molar-refractivity contribution in [2.45, 2.75) is 23.9 Å². The molecular weight excluding hydrogens is 337 g/mol. The minimum Gasteiger partial charge on any atom is -0.481 e. The summed E-state index contributed by atoms with van der Waals surface area (Å²) in [5.74, 6) is -1.68. The highest BCUT2D eigenvalue weighted by Gasteiger charge is 2.37. The molecule has 0 radical (unpaired) electrons. The summed E-state index contributed by atoms with van der Waals surface area (Å²) in [4.78, 5) is 11.5. The van der Waals surface area contributed by atoms with E-state index in [0.29, 0.717) is 25.5 Å². The van der Waals surface area contributed by atoms with Gasteiger partial charge in [0.05, 0.1) is 16.4 Å². The molecule has 0 aliphatic carbocycles. The quantitative estimate of drug-likeness (QED) is 0.861. The minimum absolute atomic E-state index is 0.0708. The Balaban J connectivity index is 2.44. The SMILES string of the molecule is NS(=O)(=O)c1ccc(N2CCCC(C(=O)O)C2)cc1C(F)(F)F. The smallest absolute Gasteiger partial charge is 0.417 e. The number of carboxylic acid groups (broad SMARTS) is 1. The molecule has 2 rings (SSSR count). The summed E-state index contributed by atoms with van der Waals surface area (Å²) < 4.78 is 61.9. The highest BCUT2D eigenvalue weighted by atomic mass is 32.2. The number of carboxylic acids is 1. The fourth-order valence-electron chi connectivity index (χ4n) is 2.60. The fraction of sp³-hybridized carbons (Fsp3) is 0.462. The topological polar surface area (TPSA) is 101 Å². The molecule has 10 heteroatoms. The first-order chi connectivity index (χ1) is 10.5. The third-order valence-corrected chi connectivity index (χ3v) is 4.68. The van der Waals surface area contributed by atoms with Crippen LogP contribution in [0, 0.1) is 5.92 Å². The van der Waals surface area contributed by atoms with E-state index in [1.54, 1.807) is 0 Å². The van der Waals surface area contributed by atoms with E-state index >= 15 is 0 Å². The van der Waals surface area contributed by atoms with Gasteiger partial charge in [-0.05, 0) is 31.0 Å². The molecule has 1 unspecified atom stereocenters. The van der Waals surface area contributed by atoms with Crippen molar-refractivity contribution >= 4 is 21.7 Å². The highest BCUT2D eigenvalue weighted by molar-refractivity contribution is 7.89. The van der Waals surface area contributed by atoms with Gasteiger partial charge in [0.15, 0.2) is 0 Å². The molecular formula is C13H15F3N2O4S. The number of sulfonamides is 1. The van der Waals surface area contributed by atoms with Crippen molar-refractivity contribution in [1.82, 2.24) is 0 Å². The molecule has 1 aliphatic rings. The molecule has 1 fully saturated rings. The molecule has 1 aromatic carbocycles. The van der Waals surface area contributed by atoms with E-state index in [0.717, 1.165) is 6.07 Å². The van der Waals surface area contributed by atoms with Crippen LogP contribution in [0.2, 0.25) is 0 Å². The van der Waals surface area contributed by atoms with Crippen LogP contribution in [-0.2, 0) is 21.0 Å². The lowest BCUT2D eigenvalue weighted by atomic mass is 9.97. The van der Waals surface area contributed by atoms with Gasteiger partial charge in [-0.1, -0.05) is 0 Å². The number of primary sulfonamides is 1. The maximum absolute atomic E-state index is 13.1. The van der Waals surface area contributed by atoms with Gasteiger partial charge in [-0.25, -0.2) is 13.6 Å². The van der Waals surface area contributed by atoms with Crippen LogP contribution in [0.3, 0.4) is 0 Å². The van der Waals surface area contributed by atoms with Gasteiger partial charge in [-0.15, -0.1) is 0 Å². The summed E-state index contributed by atoms with van der Waals surface area (Å²) in [6.07, 6.45) is -3.91. The molecule has 128 valence electrons. The van der Waals surface area contributed by atoms with Crippen LogP contribution in [0.1, 0.15) is 18.4 Å². The minimum atomic E-state index is -4.89. The molecule has 1 saturated heterocycles. The molecule has 0 saturated carbocycles. The van der Waals surface area contributed by atoms with Gasteiger partial charge < -0.3 is 10.0 Å². The van der Waals surface area contributed by atoms with Crippen molar-refractivity contribution in [1.29, 1.82) is 0 Å². The Morgan fingerprint density at radius 3 is 2.52 bits per heavy atom. The average Bonchev–Trinajstić information content (AvgIpc) is 2.45. The summed E-state index contributed by atoms with van der Waals surface area (Å²) >= 11 is 0. The first-order valence-corrected chi connectivity index (χ1v) is 8.26. The summed E-state index contributed by atoms with van der Waals surface area (Å²) in [6.45, 7) is 0.469. The maximum Gasteiger partial charge on any atom is 0.417 e. The molecule has 1 aliphatic heterocycles. The van der Waals surface area contributed by atoms with E-state index < -0.39 is 38.5 Å². The normalized spacial score (nSPS) is 19.7. The molecule has 23 heavy (non-hydrogen) atoms. The van der Waals surface area contributed by atoms with Gasteiger partial charge in [-0.3, -0.25) is 4.79 Å². The van der Waals surface area contributed by atoms with Crippen molar-refractivity contribution in [3.8, 4) is 0 Å². The standard InChI is InChI=1S/C13H15F3N2O4S/c14-13(15,16)10-6-9(3-4-11(10)23(17,21)22)18-5-1-2-8(7-18)12(19)20/h3-4,6,8H,1-2,5,7H2,(H,19,20)(H2,17,21,22). The lowest BCUT2D eigenvalue weighted by molar-refractivity contribution is -0.142. The second-order valence-corrected chi connectivity index (χ2v) is 6.88. The second kappa shape index (κ2) is 6.00. The van der Waals surface area contributed by atoms with Crippen LogP contribution in [0.15, 0.2) is 23.1 Å². The number of nitrogens with two attached hydrogens (primary N) is 1. The van der Waals surface area contributed by atoms with Gasteiger partial charge >= 0.3 is 12.1 Å². The zero-order chi connectivity index (χ0) is 17.4. The van der Waals surface area contributed by atoms with Crippen LogP contribution in [0.4, 0.5) is 18.9 Å². The molecule has 6 nitrogen and oxygen atoms in total. The third kappa shape index (κ3) is 3.94. The Bertz CT molecular complexity index is 718. The number of piperidine rings is 1. The van der Waals surface area contributed by atoms with Gasteiger partial charge in [0.2, 0.25) is 10.0 Å². The van der Waals surface area contributed by atoms with Gasteiger partial charge in [0.1, 0.15) is 0 Å². The molecule has 0 spiro atoms. The van der Waals surface area contributed by atoms with E-state index in [2.05, 4.69) is 0 Å². The summed E-state index contributed by atoms with van der Waals surface area (Å²) in [7, 11) is -4.52. The number of hydrogen-bond donors (Lipinski definition) is 2. The number of hydrogen-bond acceptors (Lipinski definition) is 4. The van der Waals surface area contributed by atoms with Crippen molar-refractivity contribution in [2.24, 2.45) is 11.1 Å². The number of aliphatic carboxylic acids is 1. The number of anilines is 1. The van der Waals surface area contributed by atoms with E-state index in [1.165, 1.54) is 11.0 Å². The van der Waals surface area contributed by atoms with Gasteiger partial charge in [-0.2, -0.15) is 13.2 Å². The van der Waals surface area contributed by atoms with E-state index in [-0.39, 0.29) is 12.2 Å². The molecule has 0 aromatic heterocycles. The van der Waals surface area contributed by atoms with Crippen molar-refractivity contribution in [3.63, 3.8) is 0 Å². The number of benzene rings is 1. The Morgan fingerprint density at radius 1 is 1.35 bits per heavy atom. The lowest BCUT2D eigenvalue weighted by Gasteiger charge is -2.33. The van der Waals surface area contributed by atoms with Crippen LogP contribution in [0.5, 0.6) is 0 Å². The molecule has 0 bridgehead atoms. The van der Waals surface area contributed by atoms with Crippen LogP contribution in [0.25, 0.3) is 0 Å². The lowest BCUT2D eigenvalue weighted by Crippen LogP contribution is -2.38. The fourth-order valence-corrected chi connectivity index (χ4v) is 3.34. The molecule has 1 heterocycles. The predicted octanol–water partition coefficient (Wildman–Crippen LogP) is 1.65. The Morgan fingerprint density at radius 2 is 2.00 bits per heavy atom. The first kappa shape index (κ1) is 17.5. The number of rotatable bonds is 3. The zero-order valence-electron chi connectivity index (χ0n) is 11.9. The number of halogens is 3. The monoisotopic (exact) mass is 352 g/mol. The average molecular weight is 352 g/mol. The molecule has 1 aromatic rings. The summed E-state index contributed by atoms with van der Waals surface area (Å²) in [5.41, 5.74) is -1.23. The zero-order valence-corrected chi connectivity index (χ0v) is 12.7. The Kier molecular flexibility index (Phi) is 4.58. The van der Waals surface area contributed by atoms with Crippen molar-refractivity contribution in [3.05, 3.63) is 23.8 Å². The predicted molar refractivity (Wildman–Crippen MR) is 75.4 cm³/mol. The van der Waals surface area contributed by atoms with Crippen molar-refractivity contribution in [2.75, 3.05) is 18.0 Å². The maximum atomic E-state index is 13.1. The second-order valence-electron chi connectivity index (χ2n) is 5.35. The number of nitrogens with zero attached hydrogens (tertiary/aromatic N) is 1. The van der Waals surface area contributed by atoms with Crippen LogP contribution in [-0.4, -0.2) is 32.6 Å². The van der Waals surface area contributed by atoms with E-state index in [4.69, 9.17) is 10.2 Å². The van der Waals surface area contributed by atoms with E-state index in [1.807, 2.05) is 0 Å².